The van der Waals surface area contributed by atoms with Gasteiger partial charge in [-0.1, -0.05) is 35.9 Å². The molecule has 1 amide bonds. The summed E-state index contributed by atoms with van der Waals surface area (Å²) >= 11 is 1.42. The number of aromatic nitrogens is 1. The van der Waals surface area contributed by atoms with Crippen LogP contribution in [-0.4, -0.2) is 42.1 Å². The molecule has 2 aromatic carbocycles. The molecule has 4 rings (SSSR count). The van der Waals surface area contributed by atoms with Crippen LogP contribution in [0.5, 0.6) is 0 Å². The number of ether oxygens (including phenoxy) is 1. The van der Waals surface area contributed by atoms with Crippen LogP contribution in [-0.2, 0) is 4.74 Å². The zero-order valence-corrected chi connectivity index (χ0v) is 15.9. The van der Waals surface area contributed by atoms with Crippen molar-refractivity contribution in [1.29, 1.82) is 0 Å². The van der Waals surface area contributed by atoms with Crippen LogP contribution < -0.4 is 0 Å². The van der Waals surface area contributed by atoms with Gasteiger partial charge in [0.2, 0.25) is 5.89 Å². The lowest BCUT2D eigenvalue weighted by molar-refractivity contribution is 0.0295. The fourth-order valence-corrected chi connectivity index (χ4v) is 3.68. The first-order valence-corrected chi connectivity index (χ1v) is 9.70. The highest BCUT2D eigenvalue weighted by molar-refractivity contribution is 7.99. The van der Waals surface area contributed by atoms with Gasteiger partial charge < -0.3 is 14.1 Å². The van der Waals surface area contributed by atoms with Gasteiger partial charge in [0.25, 0.3) is 5.91 Å². The van der Waals surface area contributed by atoms with E-state index in [0.717, 1.165) is 10.5 Å². The van der Waals surface area contributed by atoms with E-state index in [2.05, 4.69) is 4.98 Å². The van der Waals surface area contributed by atoms with E-state index in [9.17, 15) is 4.79 Å². The van der Waals surface area contributed by atoms with Crippen molar-refractivity contribution in [2.75, 3.05) is 26.3 Å². The summed E-state index contributed by atoms with van der Waals surface area (Å²) in [6.45, 7) is 4.29. The number of hydrogen-bond acceptors (Lipinski definition) is 5. The fourth-order valence-electron chi connectivity index (χ4n) is 2.84. The van der Waals surface area contributed by atoms with Crippen LogP contribution in [0.25, 0.3) is 11.5 Å². The number of rotatable bonds is 4. The number of aryl methyl sites for hydroxylation is 1. The predicted octanol–water partition coefficient (Wildman–Crippen LogP) is 4.27. The van der Waals surface area contributed by atoms with Crippen LogP contribution in [0.2, 0.25) is 0 Å². The molecular formula is C21H20N2O3S. The third-order valence-electron chi connectivity index (χ3n) is 4.35. The number of carbonyl (C=O) groups is 1. The van der Waals surface area contributed by atoms with Crippen molar-refractivity contribution >= 4 is 17.7 Å². The van der Waals surface area contributed by atoms with Gasteiger partial charge in [-0.3, -0.25) is 4.79 Å². The highest BCUT2D eigenvalue weighted by Gasteiger charge is 2.27. The maximum absolute atomic E-state index is 13.0. The van der Waals surface area contributed by atoms with E-state index in [-0.39, 0.29) is 5.91 Å². The molecule has 0 spiro atoms. The van der Waals surface area contributed by atoms with Gasteiger partial charge in [-0.2, -0.15) is 0 Å². The quantitative estimate of drug-likeness (QED) is 0.676. The normalized spacial score (nSPS) is 14.3. The molecular weight excluding hydrogens is 360 g/mol. The minimum Gasteiger partial charge on any atom is -0.429 e. The summed E-state index contributed by atoms with van der Waals surface area (Å²) in [6.07, 6.45) is 0. The zero-order chi connectivity index (χ0) is 18.6. The smallest absolute Gasteiger partial charge is 0.277 e. The summed E-state index contributed by atoms with van der Waals surface area (Å²) < 4.78 is 11.4. The summed E-state index contributed by atoms with van der Waals surface area (Å²) in [5.74, 6) is 0.348. The molecule has 0 radical (unpaired) electrons. The lowest BCUT2D eigenvalue weighted by atomic mass is 10.2. The van der Waals surface area contributed by atoms with Gasteiger partial charge in [0.15, 0.2) is 10.8 Å². The number of oxazole rings is 1. The molecule has 27 heavy (non-hydrogen) atoms. The first-order chi connectivity index (χ1) is 13.2. The van der Waals surface area contributed by atoms with E-state index >= 15 is 0 Å². The summed E-state index contributed by atoms with van der Waals surface area (Å²) in [4.78, 5) is 20.4. The zero-order valence-electron chi connectivity index (χ0n) is 15.1. The minimum absolute atomic E-state index is 0.112. The van der Waals surface area contributed by atoms with Gasteiger partial charge >= 0.3 is 0 Å². The first kappa shape index (κ1) is 17.8. The van der Waals surface area contributed by atoms with E-state index in [1.165, 1.54) is 17.3 Å². The summed E-state index contributed by atoms with van der Waals surface area (Å²) in [5.41, 5.74) is 2.40. The Morgan fingerprint density at radius 3 is 2.44 bits per heavy atom. The molecule has 3 aromatic rings. The molecule has 1 aromatic heterocycles. The Hall–Kier alpha value is -2.57. The van der Waals surface area contributed by atoms with Crippen LogP contribution in [0, 0.1) is 6.92 Å². The third-order valence-corrected chi connectivity index (χ3v) is 5.32. The Labute approximate surface area is 162 Å². The number of nitrogens with zero attached hydrogens (tertiary/aromatic N) is 2. The molecule has 0 atom stereocenters. The third kappa shape index (κ3) is 4.07. The molecule has 0 N–H and O–H groups in total. The van der Waals surface area contributed by atoms with Gasteiger partial charge in [-0.25, -0.2) is 4.98 Å². The molecule has 138 valence electrons. The van der Waals surface area contributed by atoms with Crippen LogP contribution in [0.15, 0.2) is 69.0 Å². The molecule has 6 heteroatoms. The lowest BCUT2D eigenvalue weighted by Gasteiger charge is -2.26. The van der Waals surface area contributed by atoms with Gasteiger partial charge in [0.1, 0.15) is 0 Å². The van der Waals surface area contributed by atoms with Gasteiger partial charge in [0, 0.05) is 23.5 Å². The second kappa shape index (κ2) is 7.98. The molecule has 1 aliphatic rings. The van der Waals surface area contributed by atoms with E-state index in [1.807, 2.05) is 61.5 Å². The first-order valence-electron chi connectivity index (χ1n) is 8.88. The predicted molar refractivity (Wildman–Crippen MR) is 104 cm³/mol. The molecule has 1 fully saturated rings. The molecule has 1 aliphatic heterocycles. The monoisotopic (exact) mass is 380 g/mol. The Balaban J connectivity index is 1.69. The number of benzene rings is 2. The van der Waals surface area contributed by atoms with Crippen molar-refractivity contribution < 1.29 is 13.9 Å². The minimum atomic E-state index is -0.112. The molecule has 1 saturated heterocycles. The van der Waals surface area contributed by atoms with E-state index in [0.29, 0.717) is 43.0 Å². The molecule has 5 nitrogen and oxygen atoms in total. The average molecular weight is 380 g/mol. The SMILES string of the molecule is Cc1ccc(Sc2oc(-c3ccccc3)nc2C(=O)N2CCOCC2)cc1. The van der Waals surface area contributed by atoms with E-state index < -0.39 is 0 Å². The average Bonchev–Trinajstić information content (AvgIpc) is 3.14. The van der Waals surface area contributed by atoms with Crippen molar-refractivity contribution in [3.05, 3.63) is 65.9 Å². The molecule has 0 unspecified atom stereocenters. The number of carbonyl (C=O) groups excluding carboxylic acids is 1. The molecule has 0 aliphatic carbocycles. The highest BCUT2D eigenvalue weighted by atomic mass is 32.2. The topological polar surface area (TPSA) is 55.6 Å². The maximum Gasteiger partial charge on any atom is 0.277 e. The molecule has 2 heterocycles. The van der Waals surface area contributed by atoms with Gasteiger partial charge in [-0.15, -0.1) is 0 Å². The number of morpholine rings is 1. The van der Waals surface area contributed by atoms with Crippen molar-refractivity contribution in [3.63, 3.8) is 0 Å². The second-order valence-corrected chi connectivity index (χ2v) is 7.39. The summed E-state index contributed by atoms with van der Waals surface area (Å²) in [5, 5.41) is 0.522. The van der Waals surface area contributed by atoms with Crippen molar-refractivity contribution in [2.45, 2.75) is 16.9 Å². The largest absolute Gasteiger partial charge is 0.429 e. The van der Waals surface area contributed by atoms with Gasteiger partial charge in [-0.05, 0) is 43.0 Å². The highest BCUT2D eigenvalue weighted by Crippen LogP contribution is 2.35. The molecule has 0 saturated carbocycles. The maximum atomic E-state index is 13.0. The standard InChI is InChI=1S/C21H20N2O3S/c1-15-7-9-17(10-8-15)27-21-18(20(24)23-11-13-25-14-12-23)22-19(26-21)16-5-3-2-4-6-16/h2-10H,11-14H2,1H3. The summed E-state index contributed by atoms with van der Waals surface area (Å²) in [6, 6.07) is 17.8. The Bertz CT molecular complexity index is 916. The Morgan fingerprint density at radius 2 is 1.74 bits per heavy atom. The van der Waals surface area contributed by atoms with Crippen LogP contribution in [0.4, 0.5) is 0 Å². The van der Waals surface area contributed by atoms with Crippen LogP contribution in [0.3, 0.4) is 0 Å². The Morgan fingerprint density at radius 1 is 1.04 bits per heavy atom. The number of hydrogen-bond donors (Lipinski definition) is 0. The van der Waals surface area contributed by atoms with Crippen LogP contribution >= 0.6 is 11.8 Å². The van der Waals surface area contributed by atoms with Crippen LogP contribution in [0.1, 0.15) is 16.1 Å². The van der Waals surface area contributed by atoms with E-state index in [1.54, 1.807) is 4.90 Å². The van der Waals surface area contributed by atoms with Crippen molar-refractivity contribution in [1.82, 2.24) is 9.88 Å². The molecule has 0 bridgehead atoms. The van der Waals surface area contributed by atoms with Crippen molar-refractivity contribution in [2.24, 2.45) is 0 Å². The van der Waals surface area contributed by atoms with Crippen molar-refractivity contribution in [3.8, 4) is 11.5 Å². The van der Waals surface area contributed by atoms with E-state index in [4.69, 9.17) is 9.15 Å². The second-order valence-electron chi connectivity index (χ2n) is 6.34. The number of amides is 1. The summed E-state index contributed by atoms with van der Waals surface area (Å²) in [7, 11) is 0. The Kier molecular flexibility index (Phi) is 5.27. The fraction of sp³-hybridized carbons (Fsp3) is 0.238. The lowest BCUT2D eigenvalue weighted by Crippen LogP contribution is -2.41. The van der Waals surface area contributed by atoms with Gasteiger partial charge in [0.05, 0.1) is 13.2 Å².